The predicted molar refractivity (Wildman–Crippen MR) is 77.0 cm³/mol. The maximum absolute atomic E-state index is 6.03. The smallest absolute Gasteiger partial charge is 0.352 e. The van der Waals surface area contributed by atoms with Gasteiger partial charge < -0.3 is 5.64 Å². The number of hydrogen-bond donors (Lipinski definition) is 1. The van der Waals surface area contributed by atoms with Crippen molar-refractivity contribution in [1.82, 2.24) is 0 Å². The molecule has 2 rings (SSSR count). The summed E-state index contributed by atoms with van der Waals surface area (Å²) in [5.74, 6) is 0.464. The van der Waals surface area contributed by atoms with Crippen molar-refractivity contribution in [2.75, 3.05) is 0 Å². The molecule has 0 aromatic heterocycles. The summed E-state index contributed by atoms with van der Waals surface area (Å²) in [4.78, 5) is 0. The van der Waals surface area contributed by atoms with Crippen LogP contribution in [0.15, 0.2) is 43.0 Å². The molecule has 1 nitrogen and oxygen atoms in total. The molecular weight excluding hydrogens is 228 g/mol. The molecule has 0 spiro atoms. The maximum atomic E-state index is 6.03. The van der Waals surface area contributed by atoms with Gasteiger partial charge in [-0.1, -0.05) is 36.4 Å². The Morgan fingerprint density at radius 3 is 2.88 bits per heavy atom. The number of unbranched alkanes of at least 4 members (excludes halogenated alkanes) is 1. The first-order valence-electron chi connectivity index (χ1n) is 6.05. The third-order valence-corrected chi connectivity index (χ3v) is 3.51. The number of nitrogens with two attached hydrogens (primary N) is 1. The summed E-state index contributed by atoms with van der Waals surface area (Å²) < 4.78 is 0. The first-order chi connectivity index (χ1) is 8.24. The fraction of sp³-hybridized carbons (Fsp3) is 0.286. The molecule has 1 aliphatic carbocycles. The Hall–Kier alpha value is -0.985. The van der Waals surface area contributed by atoms with Crippen LogP contribution in [-0.2, 0) is 0 Å². The van der Waals surface area contributed by atoms with Crippen LogP contribution in [0.25, 0.3) is 5.47 Å². The molecule has 1 aromatic carbocycles. The molecule has 0 fully saturated rings. The molecule has 2 N–H and O–H groups in total. The van der Waals surface area contributed by atoms with Crippen LogP contribution in [0.1, 0.15) is 36.3 Å². The number of fused-ring (bicyclic) bond motifs is 1. The Morgan fingerprint density at radius 1 is 1.41 bits per heavy atom. The summed E-state index contributed by atoms with van der Waals surface area (Å²) in [5, 5.41) is 0. The normalized spacial score (nSPS) is 17.5. The molecule has 1 unspecified atom stereocenters. The van der Waals surface area contributed by atoms with Crippen LogP contribution < -0.4 is 5.64 Å². The van der Waals surface area contributed by atoms with E-state index in [9.17, 15) is 0 Å². The summed E-state index contributed by atoms with van der Waals surface area (Å²) in [6.45, 7) is 3.76. The third kappa shape index (κ3) is 2.64. The Morgan fingerprint density at radius 2 is 2.18 bits per heavy atom. The Bertz CT molecular complexity index is 440. The lowest BCUT2D eigenvalue weighted by Gasteiger charge is -2.09. The zero-order chi connectivity index (χ0) is 12.3. The first-order valence-corrected chi connectivity index (χ1v) is 6.49. The van der Waals surface area contributed by atoms with Gasteiger partial charge in [0.25, 0.3) is 0 Å². The van der Waals surface area contributed by atoms with E-state index in [0.717, 1.165) is 24.7 Å². The Kier molecular flexibility index (Phi) is 4.08. The minimum Gasteiger partial charge on any atom is -0.352 e. The van der Waals surface area contributed by atoms with Crippen LogP contribution in [0, 0.1) is 0 Å². The van der Waals surface area contributed by atoms with Gasteiger partial charge in [0, 0.05) is 5.92 Å². The van der Waals surface area contributed by atoms with Crippen molar-refractivity contribution in [3.63, 3.8) is 0 Å². The molecule has 1 aromatic rings. The van der Waals surface area contributed by atoms with E-state index in [0.29, 0.717) is 5.92 Å². The van der Waals surface area contributed by atoms with Gasteiger partial charge in [0.1, 0.15) is 0 Å². The highest BCUT2D eigenvalue weighted by molar-refractivity contribution is 7.15. The number of allylic oxidation sites excluding steroid dienone is 2. The van der Waals surface area contributed by atoms with E-state index in [-0.39, 0.29) is 0 Å². The molecule has 0 bridgehead atoms. The maximum Gasteiger partial charge on any atom is 0.359 e. The highest BCUT2D eigenvalue weighted by atomic mass is 35.5. The van der Waals surface area contributed by atoms with E-state index in [1.165, 1.54) is 11.1 Å². The lowest BCUT2D eigenvalue weighted by molar-refractivity contribution is 0.692. The van der Waals surface area contributed by atoms with Gasteiger partial charge in [-0.25, -0.2) is 0 Å². The van der Waals surface area contributed by atoms with Crippen molar-refractivity contribution in [1.29, 1.82) is 0 Å². The second-order valence-corrected chi connectivity index (χ2v) is 4.91. The highest BCUT2D eigenvalue weighted by Crippen LogP contribution is 2.39. The number of halogens is 1. The van der Waals surface area contributed by atoms with Gasteiger partial charge in [0.05, 0.1) is 0 Å². The predicted octanol–water partition coefficient (Wildman–Crippen LogP) is 3.75. The van der Waals surface area contributed by atoms with E-state index in [1.807, 2.05) is 12.1 Å². The molecule has 0 radical (unpaired) electrons. The average molecular weight is 246 g/mol. The standard InChI is InChI=1S/C14H17BClN/c1-2-3-4-7-11-10-14(15(16)17)13-9-6-5-8-12(11)13/h2,5-6,8-11H,1,3-4,7,17H2. The molecule has 1 aliphatic rings. The fourth-order valence-corrected chi connectivity index (χ4v) is 2.63. The van der Waals surface area contributed by atoms with Crippen LogP contribution in [0.2, 0.25) is 0 Å². The van der Waals surface area contributed by atoms with Gasteiger partial charge in [0.15, 0.2) is 0 Å². The average Bonchev–Trinajstić information content (AvgIpc) is 2.69. The topological polar surface area (TPSA) is 26.0 Å². The second-order valence-electron chi connectivity index (χ2n) is 4.44. The quantitative estimate of drug-likeness (QED) is 0.477. The zero-order valence-electron chi connectivity index (χ0n) is 9.90. The monoisotopic (exact) mass is 245 g/mol. The van der Waals surface area contributed by atoms with E-state index < -0.39 is 6.26 Å². The molecule has 0 saturated carbocycles. The van der Waals surface area contributed by atoms with E-state index in [4.69, 9.17) is 17.1 Å². The van der Waals surface area contributed by atoms with E-state index >= 15 is 0 Å². The SMILES string of the molecule is C=CCCCC1C=C(B(N)Cl)c2ccccc21. The van der Waals surface area contributed by atoms with Crippen LogP contribution in [-0.4, -0.2) is 6.26 Å². The van der Waals surface area contributed by atoms with E-state index in [1.54, 1.807) is 0 Å². The summed E-state index contributed by atoms with van der Waals surface area (Å²) in [7, 11) is 0. The van der Waals surface area contributed by atoms with Crippen molar-refractivity contribution in [3.8, 4) is 0 Å². The first kappa shape index (κ1) is 12.5. The Balaban J connectivity index is 2.21. The van der Waals surface area contributed by atoms with Crippen LogP contribution in [0.5, 0.6) is 0 Å². The van der Waals surface area contributed by atoms with Crippen LogP contribution in [0.3, 0.4) is 0 Å². The molecule has 3 heteroatoms. The molecule has 0 aliphatic heterocycles. The molecule has 17 heavy (non-hydrogen) atoms. The van der Waals surface area contributed by atoms with Gasteiger partial charge in [0.2, 0.25) is 0 Å². The van der Waals surface area contributed by atoms with E-state index in [2.05, 4.69) is 30.9 Å². The third-order valence-electron chi connectivity index (χ3n) is 3.27. The lowest BCUT2D eigenvalue weighted by Crippen LogP contribution is -2.19. The minimum atomic E-state index is -0.402. The second kappa shape index (κ2) is 5.57. The number of hydrogen-bond acceptors (Lipinski definition) is 1. The van der Waals surface area contributed by atoms with Crippen molar-refractivity contribution >= 4 is 23.2 Å². The molecule has 88 valence electrons. The Labute approximate surface area is 108 Å². The number of benzene rings is 1. The summed E-state index contributed by atoms with van der Waals surface area (Å²) in [6.07, 6.45) is 7.15. The van der Waals surface area contributed by atoms with Gasteiger partial charge >= 0.3 is 6.26 Å². The van der Waals surface area contributed by atoms with Crippen molar-refractivity contribution in [3.05, 3.63) is 54.1 Å². The lowest BCUT2D eigenvalue weighted by atomic mass is 9.79. The highest BCUT2D eigenvalue weighted by Gasteiger charge is 2.26. The zero-order valence-corrected chi connectivity index (χ0v) is 10.7. The van der Waals surface area contributed by atoms with Gasteiger partial charge in [-0.3, -0.25) is 0 Å². The van der Waals surface area contributed by atoms with Crippen molar-refractivity contribution in [2.24, 2.45) is 5.64 Å². The van der Waals surface area contributed by atoms with Gasteiger partial charge in [-0.15, -0.1) is 6.58 Å². The van der Waals surface area contributed by atoms with Crippen LogP contribution in [0.4, 0.5) is 0 Å². The molecule has 0 saturated heterocycles. The van der Waals surface area contributed by atoms with Gasteiger partial charge in [-0.05, 0) is 35.9 Å². The minimum absolute atomic E-state index is 0.402. The summed E-state index contributed by atoms with van der Waals surface area (Å²) in [5.41, 5.74) is 9.47. The molecule has 1 atom stereocenters. The van der Waals surface area contributed by atoms with Crippen molar-refractivity contribution in [2.45, 2.75) is 25.2 Å². The van der Waals surface area contributed by atoms with Crippen LogP contribution >= 0.6 is 11.5 Å². The number of rotatable bonds is 5. The largest absolute Gasteiger partial charge is 0.359 e. The molecule has 0 amide bonds. The summed E-state index contributed by atoms with van der Waals surface area (Å²) >= 11 is 6.03. The summed E-state index contributed by atoms with van der Waals surface area (Å²) in [6, 6.07) is 8.40. The molecular formula is C14H17BClN. The fourth-order valence-electron chi connectivity index (χ4n) is 2.44. The molecule has 0 heterocycles. The van der Waals surface area contributed by atoms with Gasteiger partial charge in [-0.2, -0.15) is 11.5 Å². The van der Waals surface area contributed by atoms with Crippen molar-refractivity contribution < 1.29 is 0 Å².